The van der Waals surface area contributed by atoms with E-state index in [9.17, 15) is 13.6 Å². The van der Waals surface area contributed by atoms with E-state index >= 15 is 0 Å². The van der Waals surface area contributed by atoms with Crippen molar-refractivity contribution >= 4 is 16.8 Å². The van der Waals surface area contributed by atoms with Crippen molar-refractivity contribution in [1.29, 1.82) is 0 Å². The molecule has 4 aromatic rings. The first-order chi connectivity index (χ1) is 14.5. The van der Waals surface area contributed by atoms with Crippen LogP contribution < -0.4 is 11.1 Å². The number of aromatic nitrogens is 1. The highest BCUT2D eigenvalue weighted by molar-refractivity contribution is 5.87. The summed E-state index contributed by atoms with van der Waals surface area (Å²) in [4.78, 5) is 12.0. The van der Waals surface area contributed by atoms with Gasteiger partial charge in [-0.05, 0) is 60.2 Å². The van der Waals surface area contributed by atoms with E-state index in [0.717, 1.165) is 40.7 Å². The third kappa shape index (κ3) is 3.18. The maximum Gasteiger partial charge on any atom is 0.419 e. The van der Waals surface area contributed by atoms with Gasteiger partial charge in [-0.1, -0.05) is 24.3 Å². The van der Waals surface area contributed by atoms with Gasteiger partial charge >= 0.3 is 5.76 Å². The first-order valence-corrected chi connectivity index (χ1v) is 9.92. The fourth-order valence-electron chi connectivity index (χ4n) is 3.90. The molecule has 3 aromatic carbocycles. The number of anilines is 1. The molecule has 1 saturated carbocycles. The largest absolute Gasteiger partial charge is 0.419 e. The van der Waals surface area contributed by atoms with E-state index in [-0.39, 0.29) is 17.9 Å². The van der Waals surface area contributed by atoms with E-state index in [1.54, 1.807) is 7.05 Å². The second-order valence-corrected chi connectivity index (χ2v) is 7.71. The highest BCUT2D eigenvalue weighted by Gasteiger charge is 2.30. The summed E-state index contributed by atoms with van der Waals surface area (Å²) in [5.41, 5.74) is 5.39. The van der Waals surface area contributed by atoms with Crippen LogP contribution in [0.3, 0.4) is 0 Å². The SMILES string of the molecule is Cn1c(=O)oc2c(C3CC3)c(-c3ccc(NCc4c(F)cccc4F)cc3)ccc21. The normalized spacial score (nSPS) is 13.7. The Kier molecular flexibility index (Phi) is 4.42. The monoisotopic (exact) mass is 406 g/mol. The summed E-state index contributed by atoms with van der Waals surface area (Å²) in [6.45, 7) is 0.0618. The molecule has 1 heterocycles. The Balaban J connectivity index is 1.45. The number of hydrogen-bond acceptors (Lipinski definition) is 3. The van der Waals surface area contributed by atoms with Crippen molar-refractivity contribution in [3.05, 3.63) is 87.9 Å². The molecule has 0 spiro atoms. The number of nitrogens with one attached hydrogen (secondary N) is 1. The van der Waals surface area contributed by atoms with Crippen LogP contribution in [0.2, 0.25) is 0 Å². The van der Waals surface area contributed by atoms with Gasteiger partial charge in [0.1, 0.15) is 11.6 Å². The van der Waals surface area contributed by atoms with E-state index < -0.39 is 11.6 Å². The molecule has 0 amide bonds. The van der Waals surface area contributed by atoms with E-state index in [0.29, 0.717) is 11.5 Å². The van der Waals surface area contributed by atoms with Crippen LogP contribution in [-0.4, -0.2) is 4.57 Å². The Hall–Kier alpha value is -3.41. The number of aryl methyl sites for hydroxylation is 1. The molecule has 0 bridgehead atoms. The highest BCUT2D eigenvalue weighted by Crippen LogP contribution is 2.47. The van der Waals surface area contributed by atoms with Crippen molar-refractivity contribution in [2.75, 3.05) is 5.32 Å². The zero-order valence-electron chi connectivity index (χ0n) is 16.4. The minimum absolute atomic E-state index is 0.0159. The van der Waals surface area contributed by atoms with Crippen LogP contribution >= 0.6 is 0 Å². The molecule has 152 valence electrons. The van der Waals surface area contributed by atoms with Gasteiger partial charge < -0.3 is 9.73 Å². The summed E-state index contributed by atoms with van der Waals surface area (Å²) in [5, 5.41) is 3.07. The molecule has 1 aromatic heterocycles. The van der Waals surface area contributed by atoms with Crippen molar-refractivity contribution in [2.24, 2.45) is 7.05 Å². The first-order valence-electron chi connectivity index (χ1n) is 9.92. The number of hydrogen-bond donors (Lipinski definition) is 1. The van der Waals surface area contributed by atoms with Crippen LogP contribution in [0.1, 0.15) is 29.9 Å². The van der Waals surface area contributed by atoms with Crippen molar-refractivity contribution in [3.63, 3.8) is 0 Å². The molecule has 0 atom stereocenters. The molecule has 1 aliphatic rings. The fourth-order valence-corrected chi connectivity index (χ4v) is 3.90. The fraction of sp³-hybridized carbons (Fsp3) is 0.208. The Morgan fingerprint density at radius 2 is 1.73 bits per heavy atom. The molecular formula is C24H20F2N2O2. The standard InChI is InChI=1S/C24H20F2N2O2/c1-28-21-12-11-17(22(15-5-6-15)23(21)30-24(28)29)14-7-9-16(10-8-14)27-13-18-19(25)3-2-4-20(18)26/h2-4,7-12,15,27H,5-6,13H2,1H3. The molecule has 1 aliphatic carbocycles. The van der Waals surface area contributed by atoms with Crippen molar-refractivity contribution in [3.8, 4) is 11.1 Å². The Bertz CT molecular complexity index is 1280. The van der Waals surface area contributed by atoms with Crippen LogP contribution in [0, 0.1) is 11.6 Å². The molecule has 0 saturated heterocycles. The van der Waals surface area contributed by atoms with Crippen LogP contribution in [-0.2, 0) is 13.6 Å². The predicted molar refractivity (Wildman–Crippen MR) is 113 cm³/mol. The molecule has 30 heavy (non-hydrogen) atoms. The number of rotatable bonds is 5. The zero-order chi connectivity index (χ0) is 20.8. The molecular weight excluding hydrogens is 386 g/mol. The highest BCUT2D eigenvalue weighted by atomic mass is 19.1. The Labute approximate surface area is 171 Å². The second kappa shape index (κ2) is 7.13. The second-order valence-electron chi connectivity index (χ2n) is 7.71. The van der Waals surface area contributed by atoms with Gasteiger partial charge in [0.2, 0.25) is 0 Å². The summed E-state index contributed by atoms with van der Waals surface area (Å²) in [6.07, 6.45) is 2.16. The third-order valence-corrected chi connectivity index (χ3v) is 5.71. The van der Waals surface area contributed by atoms with Crippen LogP contribution in [0.15, 0.2) is 63.8 Å². The van der Waals surface area contributed by atoms with Gasteiger partial charge in [0.15, 0.2) is 5.58 Å². The van der Waals surface area contributed by atoms with Gasteiger partial charge in [0.25, 0.3) is 0 Å². The number of halogens is 2. The zero-order valence-corrected chi connectivity index (χ0v) is 16.4. The van der Waals surface area contributed by atoms with E-state index in [1.165, 1.54) is 22.8 Å². The lowest BCUT2D eigenvalue weighted by Gasteiger charge is -2.12. The summed E-state index contributed by atoms with van der Waals surface area (Å²) < 4.78 is 34.7. The molecule has 4 nitrogen and oxygen atoms in total. The van der Waals surface area contributed by atoms with Gasteiger partial charge in [0.05, 0.1) is 5.52 Å². The van der Waals surface area contributed by atoms with Crippen molar-refractivity contribution in [2.45, 2.75) is 25.3 Å². The lowest BCUT2D eigenvalue weighted by Crippen LogP contribution is -2.08. The van der Waals surface area contributed by atoms with E-state index in [4.69, 9.17) is 4.42 Å². The van der Waals surface area contributed by atoms with E-state index in [1.807, 2.05) is 36.4 Å². The van der Waals surface area contributed by atoms with Crippen LogP contribution in [0.4, 0.5) is 14.5 Å². The minimum Gasteiger partial charge on any atom is -0.407 e. The summed E-state index contributed by atoms with van der Waals surface area (Å²) in [6, 6.07) is 15.5. The molecule has 1 N–H and O–H groups in total. The molecule has 1 fully saturated rings. The minimum atomic E-state index is -0.564. The smallest absolute Gasteiger partial charge is 0.407 e. The molecule has 0 unspecified atom stereocenters. The van der Waals surface area contributed by atoms with Crippen LogP contribution in [0.5, 0.6) is 0 Å². The van der Waals surface area contributed by atoms with Crippen molar-refractivity contribution in [1.82, 2.24) is 4.57 Å². The molecule has 0 radical (unpaired) electrons. The van der Waals surface area contributed by atoms with Crippen LogP contribution in [0.25, 0.3) is 22.2 Å². The summed E-state index contributed by atoms with van der Waals surface area (Å²) in [5.74, 6) is -1.09. The molecule has 6 heteroatoms. The number of fused-ring (bicyclic) bond motifs is 1. The number of nitrogens with zero attached hydrogens (tertiary/aromatic N) is 1. The van der Waals surface area contributed by atoms with Gasteiger partial charge in [-0.15, -0.1) is 0 Å². The predicted octanol–water partition coefficient (Wildman–Crippen LogP) is 5.57. The van der Waals surface area contributed by atoms with Gasteiger partial charge in [-0.25, -0.2) is 13.6 Å². The summed E-state index contributed by atoms with van der Waals surface area (Å²) >= 11 is 0. The first kappa shape index (κ1) is 18.6. The number of benzene rings is 3. The Morgan fingerprint density at radius 1 is 1.03 bits per heavy atom. The maximum atomic E-state index is 13.8. The van der Waals surface area contributed by atoms with Gasteiger partial charge in [0, 0.05) is 30.4 Å². The quantitative estimate of drug-likeness (QED) is 0.472. The van der Waals surface area contributed by atoms with Gasteiger partial charge in [-0.3, -0.25) is 4.57 Å². The average Bonchev–Trinajstić information content (AvgIpc) is 3.54. The van der Waals surface area contributed by atoms with Crippen molar-refractivity contribution < 1.29 is 13.2 Å². The molecule has 0 aliphatic heterocycles. The lowest BCUT2D eigenvalue weighted by molar-refractivity contribution is 0.525. The maximum absolute atomic E-state index is 13.8. The number of oxazole rings is 1. The average molecular weight is 406 g/mol. The molecule has 5 rings (SSSR count). The summed E-state index contributed by atoms with van der Waals surface area (Å²) in [7, 11) is 1.71. The Morgan fingerprint density at radius 3 is 2.40 bits per heavy atom. The topological polar surface area (TPSA) is 47.2 Å². The lowest BCUT2D eigenvalue weighted by atomic mass is 9.95. The third-order valence-electron chi connectivity index (χ3n) is 5.71. The van der Waals surface area contributed by atoms with E-state index in [2.05, 4.69) is 5.32 Å². The van der Waals surface area contributed by atoms with Gasteiger partial charge in [-0.2, -0.15) is 0 Å².